The molecule has 0 fully saturated rings. The van der Waals surface area contributed by atoms with Gasteiger partial charge in [0, 0.05) is 41.1 Å². The molecule has 4 rings (SSSR count). The van der Waals surface area contributed by atoms with Gasteiger partial charge in [0.2, 0.25) is 0 Å². The Morgan fingerprint density at radius 2 is 1.76 bits per heavy atom. The van der Waals surface area contributed by atoms with Crippen LogP contribution in [0.2, 0.25) is 0 Å². The molecule has 0 unspecified atom stereocenters. The van der Waals surface area contributed by atoms with Crippen molar-refractivity contribution in [3.63, 3.8) is 0 Å². The van der Waals surface area contributed by atoms with Crippen molar-refractivity contribution in [2.75, 3.05) is 19.5 Å². The van der Waals surface area contributed by atoms with Crippen molar-refractivity contribution in [1.82, 2.24) is 15.3 Å². The maximum atomic E-state index is 13.5. The summed E-state index contributed by atoms with van der Waals surface area (Å²) in [6, 6.07) is 20.4. The second kappa shape index (κ2) is 10.4. The predicted molar refractivity (Wildman–Crippen MR) is 128 cm³/mol. The summed E-state index contributed by atoms with van der Waals surface area (Å²) in [5, 5.41) is 6.07. The zero-order valence-corrected chi connectivity index (χ0v) is 18.7. The van der Waals surface area contributed by atoms with Gasteiger partial charge in [-0.25, -0.2) is 14.4 Å². The summed E-state index contributed by atoms with van der Waals surface area (Å²) in [5.41, 5.74) is 3.36. The average Bonchev–Trinajstić information content (AvgIpc) is 2.87. The van der Waals surface area contributed by atoms with Crippen molar-refractivity contribution in [1.29, 1.82) is 0 Å². The number of nitrogens with one attached hydrogen (secondary N) is 2. The fourth-order valence-corrected chi connectivity index (χ4v) is 3.36. The number of amides is 1. The van der Waals surface area contributed by atoms with Crippen LogP contribution in [0.4, 0.5) is 15.9 Å². The van der Waals surface area contributed by atoms with Crippen LogP contribution in [0.1, 0.15) is 15.9 Å². The molecule has 0 aliphatic rings. The van der Waals surface area contributed by atoms with Crippen LogP contribution in [0.25, 0.3) is 11.3 Å². The average molecular weight is 458 g/mol. The van der Waals surface area contributed by atoms with Crippen molar-refractivity contribution < 1.29 is 18.7 Å². The van der Waals surface area contributed by atoms with E-state index < -0.39 is 0 Å². The van der Waals surface area contributed by atoms with Crippen molar-refractivity contribution in [2.24, 2.45) is 0 Å². The first-order chi connectivity index (χ1) is 16.6. The minimum Gasteiger partial charge on any atom is -0.497 e. The van der Waals surface area contributed by atoms with Gasteiger partial charge in [-0.3, -0.25) is 4.79 Å². The highest BCUT2D eigenvalue weighted by molar-refractivity contribution is 5.94. The number of carbonyl (C=O) groups is 1. The summed E-state index contributed by atoms with van der Waals surface area (Å²) in [5.74, 6) is 1.34. The lowest BCUT2D eigenvalue weighted by atomic mass is 10.1. The number of halogens is 1. The van der Waals surface area contributed by atoms with Gasteiger partial charge in [-0.15, -0.1) is 0 Å². The molecule has 3 aromatic carbocycles. The molecule has 0 bridgehead atoms. The highest BCUT2D eigenvalue weighted by Crippen LogP contribution is 2.25. The van der Waals surface area contributed by atoms with Crippen LogP contribution in [0.15, 0.2) is 79.1 Å². The van der Waals surface area contributed by atoms with E-state index in [1.165, 1.54) is 18.5 Å². The number of ether oxygens (including phenoxy) is 2. The van der Waals surface area contributed by atoms with Crippen LogP contribution in [0.3, 0.4) is 0 Å². The van der Waals surface area contributed by atoms with Crippen LogP contribution in [0, 0.1) is 5.82 Å². The molecule has 172 valence electrons. The molecule has 0 radical (unpaired) electrons. The Morgan fingerprint density at radius 1 is 0.941 bits per heavy atom. The lowest BCUT2D eigenvalue weighted by molar-refractivity contribution is 0.0950. The molecule has 0 spiro atoms. The third-order valence-corrected chi connectivity index (χ3v) is 5.14. The minimum absolute atomic E-state index is 0.208. The molecule has 0 atom stereocenters. The minimum atomic E-state index is -0.329. The Labute approximate surface area is 196 Å². The third-order valence-electron chi connectivity index (χ3n) is 5.14. The second-order valence-electron chi connectivity index (χ2n) is 7.36. The van der Waals surface area contributed by atoms with Crippen molar-refractivity contribution >= 4 is 17.4 Å². The molecule has 0 aliphatic heterocycles. The van der Waals surface area contributed by atoms with E-state index in [1.54, 1.807) is 62.8 Å². The van der Waals surface area contributed by atoms with Gasteiger partial charge >= 0.3 is 0 Å². The Bertz CT molecular complexity index is 1300. The summed E-state index contributed by atoms with van der Waals surface area (Å²) in [7, 11) is 3.16. The first-order valence-electron chi connectivity index (χ1n) is 10.5. The van der Waals surface area contributed by atoms with Crippen LogP contribution in [-0.4, -0.2) is 30.1 Å². The normalized spacial score (nSPS) is 10.4. The molecule has 34 heavy (non-hydrogen) atoms. The molecule has 0 saturated carbocycles. The van der Waals surface area contributed by atoms with Crippen molar-refractivity contribution in [2.45, 2.75) is 6.54 Å². The Kier molecular flexibility index (Phi) is 6.98. The number of anilines is 2. The van der Waals surface area contributed by atoms with Crippen molar-refractivity contribution in [3.8, 4) is 22.8 Å². The largest absolute Gasteiger partial charge is 0.497 e. The molecule has 1 amide bonds. The highest BCUT2D eigenvalue weighted by Gasteiger charge is 2.10. The van der Waals surface area contributed by atoms with Gasteiger partial charge in [0.25, 0.3) is 5.91 Å². The van der Waals surface area contributed by atoms with E-state index in [0.29, 0.717) is 40.7 Å². The first-order valence-corrected chi connectivity index (χ1v) is 10.5. The molecule has 1 heterocycles. The number of hydrogen-bond donors (Lipinski definition) is 2. The molecule has 2 N–H and O–H groups in total. The standard InChI is InChI=1S/C26H23FN4O3/c1-33-22-11-8-19(24(13-22)34-2)15-28-26(32)17-6-9-21(10-7-17)31-25-14-23(29-16-30-25)18-4-3-5-20(27)12-18/h3-14,16H,15H2,1-2H3,(H,28,32)(H,29,30,31). The maximum absolute atomic E-state index is 13.5. The van der Waals surface area contributed by atoms with Crippen molar-refractivity contribution in [3.05, 3.63) is 96.1 Å². The van der Waals surface area contributed by atoms with E-state index in [9.17, 15) is 9.18 Å². The van der Waals surface area contributed by atoms with Gasteiger partial charge in [-0.05, 0) is 48.5 Å². The number of nitrogens with zero attached hydrogens (tertiary/aromatic N) is 2. The van der Waals surface area contributed by atoms with E-state index in [-0.39, 0.29) is 11.7 Å². The SMILES string of the molecule is COc1ccc(CNC(=O)c2ccc(Nc3cc(-c4cccc(F)c4)ncn3)cc2)c(OC)c1. The van der Waals surface area contributed by atoms with Crippen LogP contribution in [0.5, 0.6) is 11.5 Å². The number of aromatic nitrogens is 2. The fraction of sp³-hybridized carbons (Fsp3) is 0.115. The van der Waals surface area contributed by atoms with E-state index in [1.807, 2.05) is 12.1 Å². The summed E-state index contributed by atoms with van der Waals surface area (Å²) >= 11 is 0. The van der Waals surface area contributed by atoms with Gasteiger partial charge in [0.05, 0.1) is 19.9 Å². The lowest BCUT2D eigenvalue weighted by Crippen LogP contribution is -2.23. The molecular weight excluding hydrogens is 435 g/mol. The zero-order valence-electron chi connectivity index (χ0n) is 18.7. The number of hydrogen-bond acceptors (Lipinski definition) is 6. The van der Waals surface area contributed by atoms with E-state index in [2.05, 4.69) is 20.6 Å². The van der Waals surface area contributed by atoms with Gasteiger partial charge in [0.15, 0.2) is 0 Å². The summed E-state index contributed by atoms with van der Waals surface area (Å²) in [6.07, 6.45) is 1.41. The van der Waals surface area contributed by atoms with E-state index >= 15 is 0 Å². The highest BCUT2D eigenvalue weighted by atomic mass is 19.1. The molecule has 4 aromatic rings. The molecule has 8 heteroatoms. The van der Waals surface area contributed by atoms with Gasteiger partial charge in [-0.1, -0.05) is 12.1 Å². The molecular formula is C26H23FN4O3. The van der Waals surface area contributed by atoms with Crippen LogP contribution < -0.4 is 20.1 Å². The lowest BCUT2D eigenvalue weighted by Gasteiger charge is -2.12. The van der Waals surface area contributed by atoms with E-state index in [0.717, 1.165) is 11.3 Å². The Morgan fingerprint density at radius 3 is 2.50 bits per heavy atom. The molecule has 7 nitrogen and oxygen atoms in total. The maximum Gasteiger partial charge on any atom is 0.251 e. The summed E-state index contributed by atoms with van der Waals surface area (Å²) in [4.78, 5) is 21.0. The first kappa shape index (κ1) is 22.7. The zero-order chi connectivity index (χ0) is 23.9. The molecule has 0 saturated heterocycles. The number of methoxy groups -OCH3 is 2. The van der Waals surface area contributed by atoms with Gasteiger partial charge in [-0.2, -0.15) is 0 Å². The van der Waals surface area contributed by atoms with E-state index in [4.69, 9.17) is 9.47 Å². The molecule has 1 aromatic heterocycles. The number of carbonyl (C=O) groups excluding carboxylic acids is 1. The Balaban J connectivity index is 1.40. The second-order valence-corrected chi connectivity index (χ2v) is 7.36. The smallest absolute Gasteiger partial charge is 0.251 e. The number of benzene rings is 3. The Hall–Kier alpha value is -4.46. The fourth-order valence-electron chi connectivity index (χ4n) is 3.36. The quantitative estimate of drug-likeness (QED) is 0.388. The van der Waals surface area contributed by atoms with Gasteiger partial charge < -0.3 is 20.1 Å². The monoisotopic (exact) mass is 458 g/mol. The summed E-state index contributed by atoms with van der Waals surface area (Å²) in [6.45, 7) is 0.315. The third kappa shape index (κ3) is 5.47. The predicted octanol–water partition coefficient (Wildman–Crippen LogP) is 4.97. The van der Waals surface area contributed by atoms with Gasteiger partial charge in [0.1, 0.15) is 29.5 Å². The summed E-state index contributed by atoms with van der Waals surface area (Å²) < 4.78 is 24.1. The molecule has 0 aliphatic carbocycles. The topological polar surface area (TPSA) is 85.4 Å². The number of rotatable bonds is 8. The van der Waals surface area contributed by atoms with Crippen LogP contribution in [-0.2, 0) is 6.54 Å². The van der Waals surface area contributed by atoms with Crippen LogP contribution >= 0.6 is 0 Å².